The van der Waals surface area contributed by atoms with Gasteiger partial charge in [0.25, 0.3) is 0 Å². The van der Waals surface area contributed by atoms with Crippen LogP contribution in [0.3, 0.4) is 0 Å². The van der Waals surface area contributed by atoms with E-state index in [9.17, 15) is 8.42 Å². The molecule has 0 saturated carbocycles. The van der Waals surface area contributed by atoms with Crippen LogP contribution >= 0.6 is 0 Å². The van der Waals surface area contributed by atoms with Gasteiger partial charge in [-0.25, -0.2) is 8.42 Å². The molecule has 1 aromatic carbocycles. The predicted octanol–water partition coefficient (Wildman–Crippen LogP) is 2.38. The molecule has 0 amide bonds. The topological polar surface area (TPSA) is 34.1 Å². The molecular formula is C10H12O2S. The van der Waals surface area contributed by atoms with E-state index in [1.165, 1.54) is 0 Å². The van der Waals surface area contributed by atoms with E-state index in [1.54, 1.807) is 50.3 Å². The highest BCUT2D eigenvalue weighted by molar-refractivity contribution is 7.95. The lowest BCUT2D eigenvalue weighted by Crippen LogP contribution is -2.01. The number of benzene rings is 1. The monoisotopic (exact) mass is 196 g/mol. The summed E-state index contributed by atoms with van der Waals surface area (Å²) in [6, 6.07) is 8.43. The molecule has 0 spiro atoms. The minimum atomic E-state index is -3.23. The third-order valence-electron chi connectivity index (χ3n) is 1.88. The van der Waals surface area contributed by atoms with Crippen LogP contribution < -0.4 is 0 Å². The molecule has 13 heavy (non-hydrogen) atoms. The van der Waals surface area contributed by atoms with Crippen LogP contribution in [0.15, 0.2) is 46.2 Å². The average molecular weight is 196 g/mol. The van der Waals surface area contributed by atoms with Gasteiger partial charge in [-0.2, -0.15) is 0 Å². The standard InChI is InChI=1S/C10H12O2S/c1-3-9(2)13(11,12)10-7-5-4-6-8-10/h3-8H,1-2H3/b9-3-. The molecule has 1 aromatic rings. The first-order valence-corrected chi connectivity index (χ1v) is 5.50. The van der Waals surface area contributed by atoms with Gasteiger partial charge in [0.15, 0.2) is 0 Å². The minimum absolute atomic E-state index is 0.352. The molecule has 0 unspecified atom stereocenters. The van der Waals surface area contributed by atoms with E-state index in [0.717, 1.165) is 0 Å². The molecule has 0 saturated heterocycles. The predicted molar refractivity (Wildman–Crippen MR) is 53.1 cm³/mol. The molecule has 0 radical (unpaired) electrons. The molecule has 0 N–H and O–H groups in total. The van der Waals surface area contributed by atoms with E-state index in [2.05, 4.69) is 0 Å². The van der Waals surface area contributed by atoms with Gasteiger partial charge < -0.3 is 0 Å². The Hall–Kier alpha value is -1.09. The van der Waals surface area contributed by atoms with E-state index in [1.807, 2.05) is 0 Å². The van der Waals surface area contributed by atoms with Crippen LogP contribution in [0.2, 0.25) is 0 Å². The van der Waals surface area contributed by atoms with Gasteiger partial charge in [0.2, 0.25) is 9.84 Å². The lowest BCUT2D eigenvalue weighted by atomic mass is 10.4. The summed E-state index contributed by atoms with van der Waals surface area (Å²) in [5.74, 6) is 0. The molecule has 0 heterocycles. The van der Waals surface area contributed by atoms with Crippen molar-refractivity contribution in [1.82, 2.24) is 0 Å². The van der Waals surface area contributed by atoms with E-state index in [4.69, 9.17) is 0 Å². The third-order valence-corrected chi connectivity index (χ3v) is 3.86. The van der Waals surface area contributed by atoms with E-state index >= 15 is 0 Å². The van der Waals surface area contributed by atoms with Crippen molar-refractivity contribution in [2.45, 2.75) is 18.7 Å². The highest BCUT2D eigenvalue weighted by atomic mass is 32.2. The first-order valence-electron chi connectivity index (χ1n) is 4.02. The highest BCUT2D eigenvalue weighted by Gasteiger charge is 2.14. The molecule has 2 nitrogen and oxygen atoms in total. The Labute approximate surface area is 78.8 Å². The number of rotatable bonds is 2. The van der Waals surface area contributed by atoms with Crippen LogP contribution in [0.5, 0.6) is 0 Å². The SMILES string of the molecule is C/C=C(/C)S(=O)(=O)c1ccccc1. The van der Waals surface area contributed by atoms with Crippen molar-refractivity contribution in [3.8, 4) is 0 Å². The Morgan fingerprint density at radius 1 is 1.23 bits per heavy atom. The van der Waals surface area contributed by atoms with Crippen molar-refractivity contribution in [1.29, 1.82) is 0 Å². The summed E-state index contributed by atoms with van der Waals surface area (Å²) in [5.41, 5.74) is 0. The molecule has 70 valence electrons. The van der Waals surface area contributed by atoms with Crippen LogP contribution in [0, 0.1) is 0 Å². The molecule has 0 aliphatic carbocycles. The van der Waals surface area contributed by atoms with Gasteiger partial charge in [-0.3, -0.25) is 0 Å². The zero-order valence-electron chi connectivity index (χ0n) is 7.69. The Kier molecular flexibility index (Phi) is 2.88. The van der Waals surface area contributed by atoms with E-state index in [-0.39, 0.29) is 0 Å². The summed E-state index contributed by atoms with van der Waals surface area (Å²) in [7, 11) is -3.23. The summed E-state index contributed by atoms with van der Waals surface area (Å²) in [6.45, 7) is 3.32. The summed E-state index contributed by atoms with van der Waals surface area (Å²) in [4.78, 5) is 0.740. The lowest BCUT2D eigenvalue weighted by Gasteiger charge is -2.02. The molecule has 0 aromatic heterocycles. The van der Waals surface area contributed by atoms with Crippen molar-refractivity contribution in [2.75, 3.05) is 0 Å². The number of hydrogen-bond acceptors (Lipinski definition) is 2. The fourth-order valence-electron chi connectivity index (χ4n) is 0.941. The van der Waals surface area contributed by atoms with Crippen molar-refractivity contribution in [3.05, 3.63) is 41.3 Å². The third kappa shape index (κ3) is 1.98. The van der Waals surface area contributed by atoms with Gasteiger partial charge in [-0.15, -0.1) is 0 Å². The van der Waals surface area contributed by atoms with Crippen LogP contribution in [-0.4, -0.2) is 8.42 Å². The van der Waals surface area contributed by atoms with Gasteiger partial charge in [-0.1, -0.05) is 24.3 Å². The van der Waals surface area contributed by atoms with Gasteiger partial charge in [0.1, 0.15) is 0 Å². The maximum Gasteiger partial charge on any atom is 0.202 e. The molecule has 0 bridgehead atoms. The molecule has 0 aliphatic rings. The fourth-order valence-corrected chi connectivity index (χ4v) is 2.14. The lowest BCUT2D eigenvalue weighted by molar-refractivity contribution is 0.602. The van der Waals surface area contributed by atoms with Gasteiger partial charge >= 0.3 is 0 Å². The Morgan fingerprint density at radius 3 is 2.23 bits per heavy atom. The zero-order chi connectivity index (χ0) is 9.90. The molecule has 0 aliphatic heterocycles. The smallest absolute Gasteiger partial charge is 0.202 e. The minimum Gasteiger partial charge on any atom is -0.219 e. The quantitative estimate of drug-likeness (QED) is 0.727. The molecule has 3 heteroatoms. The molecule has 1 rings (SSSR count). The number of sulfone groups is 1. The molecule has 0 atom stereocenters. The van der Waals surface area contributed by atoms with Crippen molar-refractivity contribution >= 4 is 9.84 Å². The maximum atomic E-state index is 11.7. The zero-order valence-corrected chi connectivity index (χ0v) is 8.51. The summed E-state index contributed by atoms with van der Waals surface area (Å²) < 4.78 is 23.4. The molecule has 0 fully saturated rings. The normalized spacial score (nSPS) is 12.9. The summed E-state index contributed by atoms with van der Waals surface area (Å²) >= 11 is 0. The fraction of sp³-hybridized carbons (Fsp3) is 0.200. The molecular weight excluding hydrogens is 184 g/mol. The van der Waals surface area contributed by atoms with Crippen LogP contribution in [-0.2, 0) is 9.84 Å². The number of allylic oxidation sites excluding steroid dienone is 2. The first-order chi connectivity index (χ1) is 6.09. The maximum absolute atomic E-state index is 11.7. The first kappa shape index (κ1) is 9.99. The van der Waals surface area contributed by atoms with Crippen LogP contribution in [0.25, 0.3) is 0 Å². The van der Waals surface area contributed by atoms with Crippen molar-refractivity contribution < 1.29 is 8.42 Å². The van der Waals surface area contributed by atoms with Crippen molar-refractivity contribution in [2.24, 2.45) is 0 Å². The Bertz CT molecular complexity index is 402. The second-order valence-electron chi connectivity index (χ2n) is 2.72. The van der Waals surface area contributed by atoms with E-state index in [0.29, 0.717) is 9.80 Å². The van der Waals surface area contributed by atoms with Crippen LogP contribution in [0.1, 0.15) is 13.8 Å². The van der Waals surface area contributed by atoms with Crippen molar-refractivity contribution in [3.63, 3.8) is 0 Å². The second-order valence-corrected chi connectivity index (χ2v) is 4.84. The van der Waals surface area contributed by atoms with E-state index < -0.39 is 9.84 Å². The van der Waals surface area contributed by atoms with Gasteiger partial charge in [0, 0.05) is 4.91 Å². The highest BCUT2D eigenvalue weighted by Crippen LogP contribution is 2.17. The van der Waals surface area contributed by atoms with Gasteiger partial charge in [0.05, 0.1) is 4.90 Å². The van der Waals surface area contributed by atoms with Crippen LogP contribution in [0.4, 0.5) is 0 Å². The Balaban J connectivity index is 3.25. The summed E-state index contributed by atoms with van der Waals surface area (Å²) in [5, 5.41) is 0. The summed E-state index contributed by atoms with van der Waals surface area (Å²) in [6.07, 6.45) is 1.60. The number of hydrogen-bond donors (Lipinski definition) is 0. The average Bonchev–Trinajstić information content (AvgIpc) is 2.18. The second kappa shape index (κ2) is 3.75. The Morgan fingerprint density at radius 2 is 1.77 bits per heavy atom. The van der Waals surface area contributed by atoms with Gasteiger partial charge in [-0.05, 0) is 26.0 Å². The largest absolute Gasteiger partial charge is 0.219 e.